The maximum Gasteiger partial charge on any atom is 0.255 e. The van der Waals surface area contributed by atoms with Crippen molar-refractivity contribution in [3.05, 3.63) is 59.7 Å². The highest BCUT2D eigenvalue weighted by Gasteiger charge is 2.32. The lowest BCUT2D eigenvalue weighted by Gasteiger charge is -2.35. The van der Waals surface area contributed by atoms with Gasteiger partial charge in [-0.2, -0.15) is 4.31 Å². The van der Waals surface area contributed by atoms with E-state index in [2.05, 4.69) is 0 Å². The molecule has 176 valence electrons. The predicted molar refractivity (Wildman–Crippen MR) is 124 cm³/mol. The average molecular weight is 472 g/mol. The lowest BCUT2D eigenvalue weighted by Crippen LogP contribution is -2.50. The summed E-state index contributed by atoms with van der Waals surface area (Å²) >= 11 is 0. The molecule has 2 amide bonds. The summed E-state index contributed by atoms with van der Waals surface area (Å²) in [5.41, 5.74) is 0.725. The van der Waals surface area contributed by atoms with Crippen LogP contribution in [0.1, 0.15) is 40.0 Å². The Kier molecular flexibility index (Phi) is 6.99. The zero-order valence-electron chi connectivity index (χ0n) is 18.8. The quantitative estimate of drug-likeness (QED) is 0.669. The molecule has 2 aromatic rings. The van der Waals surface area contributed by atoms with Crippen LogP contribution in [0.5, 0.6) is 5.75 Å². The fourth-order valence-electron chi connectivity index (χ4n) is 4.33. The van der Waals surface area contributed by atoms with Crippen LogP contribution in [0.4, 0.5) is 0 Å². The molecule has 0 saturated carbocycles. The molecule has 0 bridgehead atoms. The second-order valence-corrected chi connectivity index (χ2v) is 10.2. The minimum Gasteiger partial charge on any atom is -0.497 e. The van der Waals surface area contributed by atoms with E-state index in [1.54, 1.807) is 59.4 Å². The molecular weight excluding hydrogens is 442 g/mol. The molecule has 2 aliphatic rings. The molecule has 2 fully saturated rings. The number of rotatable bonds is 5. The highest BCUT2D eigenvalue weighted by atomic mass is 32.2. The third kappa shape index (κ3) is 4.89. The Morgan fingerprint density at radius 1 is 0.788 bits per heavy atom. The van der Waals surface area contributed by atoms with E-state index in [-0.39, 0.29) is 22.3 Å². The lowest BCUT2D eigenvalue weighted by molar-refractivity contribution is 0.0533. The molecule has 0 aliphatic carbocycles. The van der Waals surface area contributed by atoms with Gasteiger partial charge in [-0.1, -0.05) is 24.6 Å². The number of piperidine rings is 1. The summed E-state index contributed by atoms with van der Waals surface area (Å²) in [7, 11) is -2.18. The van der Waals surface area contributed by atoms with Crippen LogP contribution >= 0.6 is 0 Å². The molecule has 0 spiro atoms. The van der Waals surface area contributed by atoms with E-state index < -0.39 is 10.0 Å². The smallest absolute Gasteiger partial charge is 0.255 e. The fourth-order valence-corrected chi connectivity index (χ4v) is 6.04. The minimum absolute atomic E-state index is 0.0618. The number of sulfonamides is 1. The Hall–Kier alpha value is -2.91. The first kappa shape index (κ1) is 23.3. The third-order valence-corrected chi connectivity index (χ3v) is 8.18. The number of ether oxygens (including phenoxy) is 1. The zero-order chi connectivity index (χ0) is 23.4. The number of amides is 2. The van der Waals surface area contributed by atoms with Crippen molar-refractivity contribution in [2.75, 3.05) is 46.4 Å². The fraction of sp³-hybridized carbons (Fsp3) is 0.417. The molecule has 2 saturated heterocycles. The molecule has 0 N–H and O–H groups in total. The Morgan fingerprint density at radius 2 is 1.42 bits per heavy atom. The normalized spacial score (nSPS) is 17.6. The van der Waals surface area contributed by atoms with E-state index in [1.165, 1.54) is 10.4 Å². The topological polar surface area (TPSA) is 87.2 Å². The largest absolute Gasteiger partial charge is 0.497 e. The molecule has 4 rings (SSSR count). The van der Waals surface area contributed by atoms with Crippen LogP contribution in [0.25, 0.3) is 0 Å². The number of hydrogen-bond acceptors (Lipinski definition) is 5. The van der Waals surface area contributed by atoms with Gasteiger partial charge >= 0.3 is 0 Å². The van der Waals surface area contributed by atoms with E-state index in [4.69, 9.17) is 4.74 Å². The first-order valence-corrected chi connectivity index (χ1v) is 12.7. The zero-order valence-corrected chi connectivity index (χ0v) is 19.6. The Labute approximate surface area is 194 Å². The van der Waals surface area contributed by atoms with Gasteiger partial charge in [0.1, 0.15) is 5.75 Å². The predicted octanol–water partition coefficient (Wildman–Crippen LogP) is 2.47. The summed E-state index contributed by atoms with van der Waals surface area (Å²) in [5, 5.41) is 0. The highest BCUT2D eigenvalue weighted by Crippen LogP contribution is 2.25. The summed E-state index contributed by atoms with van der Waals surface area (Å²) < 4.78 is 33.2. The van der Waals surface area contributed by atoms with Crippen LogP contribution < -0.4 is 4.74 Å². The molecule has 0 radical (unpaired) electrons. The maximum absolute atomic E-state index is 13.3. The standard InChI is InChI=1S/C24H29N3O5S/c1-32-20-9-7-8-19(18-20)23(28)25-14-16-26(17-15-25)24(29)21-10-3-4-11-22(21)33(30,31)27-12-5-2-6-13-27/h3-4,7-11,18H,2,5-6,12-17H2,1H3. The summed E-state index contributed by atoms with van der Waals surface area (Å²) in [6.45, 7) is 2.40. The second kappa shape index (κ2) is 9.93. The van der Waals surface area contributed by atoms with Crippen molar-refractivity contribution in [1.82, 2.24) is 14.1 Å². The van der Waals surface area contributed by atoms with Crippen LogP contribution in [-0.4, -0.2) is 80.7 Å². The lowest BCUT2D eigenvalue weighted by atomic mass is 10.1. The SMILES string of the molecule is COc1cccc(C(=O)N2CCN(C(=O)c3ccccc3S(=O)(=O)N3CCCCC3)CC2)c1. The Balaban J connectivity index is 1.47. The number of carbonyl (C=O) groups excluding carboxylic acids is 2. The van der Waals surface area contributed by atoms with Crippen molar-refractivity contribution in [2.45, 2.75) is 24.2 Å². The number of benzene rings is 2. The van der Waals surface area contributed by atoms with Crippen LogP contribution in [0, 0.1) is 0 Å². The summed E-state index contributed by atoms with van der Waals surface area (Å²) in [6, 6.07) is 13.4. The van der Waals surface area contributed by atoms with Crippen molar-refractivity contribution < 1.29 is 22.7 Å². The monoisotopic (exact) mass is 471 g/mol. The first-order chi connectivity index (χ1) is 15.9. The number of methoxy groups -OCH3 is 1. The molecule has 8 nitrogen and oxygen atoms in total. The van der Waals surface area contributed by atoms with Gasteiger partial charge in [0.2, 0.25) is 10.0 Å². The average Bonchev–Trinajstić information content (AvgIpc) is 2.88. The van der Waals surface area contributed by atoms with E-state index in [1.807, 2.05) is 0 Å². The molecule has 2 heterocycles. The molecule has 0 aromatic heterocycles. The van der Waals surface area contributed by atoms with Gasteiger partial charge < -0.3 is 14.5 Å². The summed E-state index contributed by atoms with van der Waals surface area (Å²) in [5.74, 6) is 0.176. The van der Waals surface area contributed by atoms with Crippen LogP contribution in [0.2, 0.25) is 0 Å². The number of hydrogen-bond donors (Lipinski definition) is 0. The second-order valence-electron chi connectivity index (χ2n) is 8.28. The summed E-state index contributed by atoms with van der Waals surface area (Å²) in [4.78, 5) is 29.6. The molecular formula is C24H29N3O5S. The van der Waals surface area contributed by atoms with E-state index in [0.29, 0.717) is 50.6 Å². The van der Waals surface area contributed by atoms with Gasteiger partial charge in [0.05, 0.1) is 17.6 Å². The van der Waals surface area contributed by atoms with E-state index in [0.717, 1.165) is 19.3 Å². The van der Waals surface area contributed by atoms with Gasteiger partial charge in [-0.05, 0) is 43.2 Å². The van der Waals surface area contributed by atoms with Crippen molar-refractivity contribution in [2.24, 2.45) is 0 Å². The molecule has 33 heavy (non-hydrogen) atoms. The van der Waals surface area contributed by atoms with Crippen molar-refractivity contribution in [1.29, 1.82) is 0 Å². The van der Waals surface area contributed by atoms with Gasteiger partial charge in [-0.15, -0.1) is 0 Å². The van der Waals surface area contributed by atoms with Gasteiger partial charge in [0, 0.05) is 44.8 Å². The first-order valence-electron chi connectivity index (χ1n) is 11.2. The number of nitrogens with zero attached hydrogens (tertiary/aromatic N) is 3. The molecule has 0 unspecified atom stereocenters. The van der Waals surface area contributed by atoms with Crippen molar-refractivity contribution in [3.63, 3.8) is 0 Å². The molecule has 2 aliphatic heterocycles. The third-order valence-electron chi connectivity index (χ3n) is 6.22. The van der Waals surface area contributed by atoms with Gasteiger partial charge in [0.15, 0.2) is 0 Å². The van der Waals surface area contributed by atoms with Gasteiger partial charge in [-0.25, -0.2) is 8.42 Å². The van der Waals surface area contributed by atoms with Gasteiger partial charge in [0.25, 0.3) is 11.8 Å². The Bertz CT molecular complexity index is 1120. The summed E-state index contributed by atoms with van der Waals surface area (Å²) in [6.07, 6.45) is 2.68. The van der Waals surface area contributed by atoms with E-state index >= 15 is 0 Å². The molecule has 0 atom stereocenters. The van der Waals surface area contributed by atoms with Gasteiger partial charge in [-0.3, -0.25) is 9.59 Å². The minimum atomic E-state index is -3.73. The number of piperazine rings is 1. The maximum atomic E-state index is 13.3. The highest BCUT2D eigenvalue weighted by molar-refractivity contribution is 7.89. The van der Waals surface area contributed by atoms with Crippen LogP contribution in [-0.2, 0) is 10.0 Å². The van der Waals surface area contributed by atoms with Crippen LogP contribution in [0.15, 0.2) is 53.4 Å². The van der Waals surface area contributed by atoms with Crippen LogP contribution in [0.3, 0.4) is 0 Å². The Morgan fingerprint density at radius 3 is 2.09 bits per heavy atom. The molecule has 9 heteroatoms. The molecule has 2 aromatic carbocycles. The van der Waals surface area contributed by atoms with Crippen molar-refractivity contribution >= 4 is 21.8 Å². The number of carbonyl (C=O) groups is 2. The van der Waals surface area contributed by atoms with Crippen molar-refractivity contribution in [3.8, 4) is 5.75 Å². The van der Waals surface area contributed by atoms with E-state index in [9.17, 15) is 18.0 Å².